The highest BCUT2D eigenvalue weighted by Gasteiger charge is 2.09. The molecule has 0 unspecified atom stereocenters. The molecule has 3 aromatic heterocycles. The molecule has 3 aromatic rings. The molecule has 18 heavy (non-hydrogen) atoms. The fourth-order valence-electron chi connectivity index (χ4n) is 1.72. The minimum atomic E-state index is 0.548. The predicted octanol–water partition coefficient (Wildman–Crippen LogP) is 2.40. The number of nitrogens with zero attached hydrogens (tertiary/aromatic N) is 5. The van der Waals surface area contributed by atoms with E-state index in [1.54, 1.807) is 23.1 Å². The summed E-state index contributed by atoms with van der Waals surface area (Å²) in [7, 11) is 0. The van der Waals surface area contributed by atoms with E-state index in [-0.39, 0.29) is 0 Å². The van der Waals surface area contributed by atoms with Crippen molar-refractivity contribution in [3.8, 4) is 11.4 Å². The highest BCUT2D eigenvalue weighted by molar-refractivity contribution is 6.29. The minimum absolute atomic E-state index is 0.548. The van der Waals surface area contributed by atoms with Gasteiger partial charge in [0.15, 0.2) is 5.65 Å². The van der Waals surface area contributed by atoms with E-state index < -0.39 is 0 Å². The summed E-state index contributed by atoms with van der Waals surface area (Å²) in [5.74, 6) is 0. The van der Waals surface area contributed by atoms with Crippen LogP contribution in [0, 0.1) is 0 Å². The molecule has 0 aromatic carbocycles. The SMILES string of the molecule is CCc1cc(Cl)n2nc(-c3cnccn3)cc2n1. The van der Waals surface area contributed by atoms with E-state index in [1.807, 2.05) is 19.1 Å². The van der Waals surface area contributed by atoms with Crippen LogP contribution in [0.15, 0.2) is 30.7 Å². The van der Waals surface area contributed by atoms with E-state index in [0.717, 1.165) is 17.8 Å². The Morgan fingerprint density at radius 2 is 2.11 bits per heavy atom. The van der Waals surface area contributed by atoms with Crippen molar-refractivity contribution in [2.75, 3.05) is 0 Å². The van der Waals surface area contributed by atoms with Crippen molar-refractivity contribution in [2.45, 2.75) is 13.3 Å². The van der Waals surface area contributed by atoms with Gasteiger partial charge in [-0.25, -0.2) is 9.50 Å². The van der Waals surface area contributed by atoms with E-state index >= 15 is 0 Å². The van der Waals surface area contributed by atoms with Crippen LogP contribution in [0.3, 0.4) is 0 Å². The average Bonchev–Trinajstić information content (AvgIpc) is 2.84. The van der Waals surface area contributed by atoms with Crippen LogP contribution >= 0.6 is 11.6 Å². The van der Waals surface area contributed by atoms with Gasteiger partial charge in [-0.1, -0.05) is 18.5 Å². The van der Waals surface area contributed by atoms with E-state index in [9.17, 15) is 0 Å². The topological polar surface area (TPSA) is 56.0 Å². The van der Waals surface area contributed by atoms with Gasteiger partial charge in [-0.15, -0.1) is 0 Å². The van der Waals surface area contributed by atoms with Gasteiger partial charge in [-0.05, 0) is 12.5 Å². The third kappa shape index (κ3) is 1.82. The number of hydrogen-bond donors (Lipinski definition) is 0. The zero-order valence-electron chi connectivity index (χ0n) is 9.71. The standard InChI is InChI=1S/C12H10ClN5/c1-2-8-5-11(13)18-12(16-8)6-9(17-18)10-7-14-3-4-15-10/h3-7H,2H2,1H3. The number of hydrogen-bond acceptors (Lipinski definition) is 4. The molecule has 0 radical (unpaired) electrons. The lowest BCUT2D eigenvalue weighted by atomic mass is 10.3. The summed E-state index contributed by atoms with van der Waals surface area (Å²) in [5.41, 5.74) is 3.08. The van der Waals surface area contributed by atoms with Crippen molar-refractivity contribution >= 4 is 17.2 Å². The molecule has 0 saturated heterocycles. The molecule has 0 saturated carbocycles. The van der Waals surface area contributed by atoms with Crippen LogP contribution in [0.25, 0.3) is 17.0 Å². The number of rotatable bonds is 2. The van der Waals surface area contributed by atoms with Gasteiger partial charge >= 0.3 is 0 Å². The van der Waals surface area contributed by atoms with Gasteiger partial charge < -0.3 is 0 Å². The predicted molar refractivity (Wildman–Crippen MR) is 68.4 cm³/mol. The molecule has 3 rings (SSSR count). The third-order valence-electron chi connectivity index (χ3n) is 2.62. The van der Waals surface area contributed by atoms with Gasteiger partial charge in [0.1, 0.15) is 16.5 Å². The van der Waals surface area contributed by atoms with Crippen LogP contribution in [-0.4, -0.2) is 24.6 Å². The van der Waals surface area contributed by atoms with Crippen LogP contribution in [0.2, 0.25) is 5.15 Å². The van der Waals surface area contributed by atoms with E-state index in [0.29, 0.717) is 16.5 Å². The van der Waals surface area contributed by atoms with Crippen molar-refractivity contribution in [1.82, 2.24) is 24.6 Å². The second kappa shape index (κ2) is 4.34. The van der Waals surface area contributed by atoms with Crippen LogP contribution in [-0.2, 0) is 6.42 Å². The van der Waals surface area contributed by atoms with Gasteiger partial charge in [0, 0.05) is 24.2 Å². The largest absolute Gasteiger partial charge is 0.261 e. The summed E-state index contributed by atoms with van der Waals surface area (Å²) in [6.45, 7) is 2.04. The molecule has 0 aliphatic rings. The minimum Gasteiger partial charge on any atom is -0.261 e. The molecule has 0 fully saturated rings. The molecule has 0 spiro atoms. The Labute approximate surface area is 108 Å². The summed E-state index contributed by atoms with van der Waals surface area (Å²) in [5, 5.41) is 4.93. The molecule has 0 amide bonds. The first-order chi connectivity index (χ1) is 8.78. The third-order valence-corrected chi connectivity index (χ3v) is 2.89. The molecule has 0 aliphatic heterocycles. The van der Waals surface area contributed by atoms with E-state index in [4.69, 9.17) is 11.6 Å². The van der Waals surface area contributed by atoms with Gasteiger partial charge in [-0.2, -0.15) is 5.10 Å². The lowest BCUT2D eigenvalue weighted by Gasteiger charge is -1.99. The van der Waals surface area contributed by atoms with Crippen molar-refractivity contribution < 1.29 is 0 Å². The van der Waals surface area contributed by atoms with Gasteiger partial charge in [0.05, 0.1) is 6.20 Å². The zero-order valence-corrected chi connectivity index (χ0v) is 10.5. The highest BCUT2D eigenvalue weighted by Crippen LogP contribution is 2.19. The number of aryl methyl sites for hydroxylation is 1. The Kier molecular flexibility index (Phi) is 2.68. The molecule has 3 heterocycles. The molecule has 0 bridgehead atoms. The Hall–Kier alpha value is -2.01. The maximum atomic E-state index is 6.17. The second-order valence-electron chi connectivity index (χ2n) is 3.81. The summed E-state index contributed by atoms with van der Waals surface area (Å²) < 4.78 is 1.60. The molecular weight excluding hydrogens is 250 g/mol. The smallest absolute Gasteiger partial charge is 0.157 e. The maximum Gasteiger partial charge on any atom is 0.157 e. The molecular formula is C12H10ClN5. The molecule has 0 N–H and O–H groups in total. The summed E-state index contributed by atoms with van der Waals surface area (Å²) in [6, 6.07) is 3.68. The van der Waals surface area contributed by atoms with Crippen LogP contribution < -0.4 is 0 Å². The average molecular weight is 260 g/mol. The highest BCUT2D eigenvalue weighted by atomic mass is 35.5. The van der Waals surface area contributed by atoms with Crippen molar-refractivity contribution in [3.05, 3.63) is 41.6 Å². The number of fused-ring (bicyclic) bond motifs is 1. The maximum absolute atomic E-state index is 6.17. The summed E-state index contributed by atoms with van der Waals surface area (Å²) in [6.07, 6.45) is 5.75. The van der Waals surface area contributed by atoms with Crippen molar-refractivity contribution in [2.24, 2.45) is 0 Å². The fourth-order valence-corrected chi connectivity index (χ4v) is 1.97. The Balaban J connectivity index is 2.20. The lowest BCUT2D eigenvalue weighted by Crippen LogP contribution is -1.96. The first-order valence-electron chi connectivity index (χ1n) is 5.59. The fraction of sp³-hybridized carbons (Fsp3) is 0.167. The van der Waals surface area contributed by atoms with Crippen LogP contribution in [0.4, 0.5) is 0 Å². The monoisotopic (exact) mass is 259 g/mol. The Morgan fingerprint density at radius 3 is 2.83 bits per heavy atom. The molecule has 6 heteroatoms. The summed E-state index contributed by atoms with van der Waals surface area (Å²) in [4.78, 5) is 12.7. The first kappa shape index (κ1) is 11.1. The normalized spacial score (nSPS) is 11.0. The van der Waals surface area contributed by atoms with Crippen molar-refractivity contribution in [3.63, 3.8) is 0 Å². The van der Waals surface area contributed by atoms with E-state index in [1.165, 1.54) is 0 Å². The molecule has 5 nitrogen and oxygen atoms in total. The summed E-state index contributed by atoms with van der Waals surface area (Å²) >= 11 is 6.17. The van der Waals surface area contributed by atoms with Crippen LogP contribution in [0.5, 0.6) is 0 Å². The quantitative estimate of drug-likeness (QED) is 0.663. The molecule has 0 atom stereocenters. The second-order valence-corrected chi connectivity index (χ2v) is 4.20. The molecule has 90 valence electrons. The van der Waals surface area contributed by atoms with Gasteiger partial charge in [-0.3, -0.25) is 9.97 Å². The van der Waals surface area contributed by atoms with Gasteiger partial charge in [0.2, 0.25) is 0 Å². The number of aromatic nitrogens is 5. The lowest BCUT2D eigenvalue weighted by molar-refractivity contribution is 0.913. The molecule has 0 aliphatic carbocycles. The van der Waals surface area contributed by atoms with Gasteiger partial charge in [0.25, 0.3) is 0 Å². The number of halogens is 1. The zero-order chi connectivity index (χ0) is 12.5. The van der Waals surface area contributed by atoms with E-state index in [2.05, 4.69) is 20.1 Å². The van der Waals surface area contributed by atoms with Crippen molar-refractivity contribution in [1.29, 1.82) is 0 Å². The Bertz CT molecular complexity index is 692. The Morgan fingerprint density at radius 1 is 1.22 bits per heavy atom. The first-order valence-corrected chi connectivity index (χ1v) is 5.97. The van der Waals surface area contributed by atoms with Crippen LogP contribution in [0.1, 0.15) is 12.6 Å².